The van der Waals surface area contributed by atoms with Crippen molar-refractivity contribution in [2.75, 3.05) is 0 Å². The van der Waals surface area contributed by atoms with Crippen molar-refractivity contribution in [1.82, 2.24) is 0 Å². The van der Waals surface area contributed by atoms with Gasteiger partial charge in [0.15, 0.2) is 0 Å². The van der Waals surface area contributed by atoms with E-state index in [4.69, 9.17) is 0 Å². The minimum atomic E-state index is 0.650. The zero-order chi connectivity index (χ0) is 20.8. The Labute approximate surface area is 175 Å². The van der Waals surface area contributed by atoms with E-state index in [-0.39, 0.29) is 0 Å². The van der Waals surface area contributed by atoms with Crippen molar-refractivity contribution in [3.8, 4) is 34.1 Å². The van der Waals surface area contributed by atoms with E-state index in [2.05, 4.69) is 11.8 Å². The highest BCUT2D eigenvalue weighted by atomic mass is 16.1. The van der Waals surface area contributed by atoms with E-state index in [9.17, 15) is 9.59 Å². The summed E-state index contributed by atoms with van der Waals surface area (Å²) in [4.78, 5) is 21.9. The van der Waals surface area contributed by atoms with Crippen LogP contribution in [0.2, 0.25) is 0 Å². The molecule has 4 aromatic rings. The fraction of sp³-hybridized carbons (Fsp3) is 0. The highest BCUT2D eigenvalue weighted by Crippen LogP contribution is 2.25. The van der Waals surface area contributed by atoms with Crippen LogP contribution in [0.5, 0.6) is 0 Å². The molecule has 0 saturated heterocycles. The summed E-state index contributed by atoms with van der Waals surface area (Å²) in [5.41, 5.74) is 7.22. The maximum absolute atomic E-state index is 10.9. The lowest BCUT2D eigenvalue weighted by atomic mass is 9.97. The molecular weight excluding hydrogens is 368 g/mol. The first-order valence-electron chi connectivity index (χ1n) is 9.60. The van der Waals surface area contributed by atoms with Crippen LogP contribution in [0.4, 0.5) is 0 Å². The molecule has 0 unspecified atom stereocenters. The Morgan fingerprint density at radius 2 is 0.833 bits per heavy atom. The normalized spacial score (nSPS) is 10.0. The average Bonchev–Trinajstić information content (AvgIpc) is 2.83. The summed E-state index contributed by atoms with van der Waals surface area (Å²) in [6.45, 7) is 0. The molecule has 0 aliphatic heterocycles. The maximum Gasteiger partial charge on any atom is 0.150 e. The lowest BCUT2D eigenvalue weighted by molar-refractivity contribution is 0.111. The minimum absolute atomic E-state index is 0.650. The SMILES string of the molecule is O=Cc1ccc(-c2ccccc2C#Cc2ccccc2-c2ccc(C=O)cc2)cc1. The summed E-state index contributed by atoms with van der Waals surface area (Å²) in [5, 5.41) is 0. The van der Waals surface area contributed by atoms with Gasteiger partial charge in [-0.2, -0.15) is 0 Å². The molecule has 0 spiro atoms. The standard InChI is InChI=1S/C28H18O2/c29-19-21-9-13-25(14-10-21)27-7-3-1-5-23(27)17-18-24-6-2-4-8-28(24)26-15-11-22(20-30)12-16-26/h1-16,19-20H. The first-order chi connectivity index (χ1) is 14.8. The Kier molecular flexibility index (Phi) is 5.64. The molecule has 2 nitrogen and oxygen atoms in total. The average molecular weight is 386 g/mol. The highest BCUT2D eigenvalue weighted by Gasteiger charge is 2.05. The molecule has 0 bridgehead atoms. The van der Waals surface area contributed by atoms with Crippen molar-refractivity contribution in [3.05, 3.63) is 119 Å². The monoisotopic (exact) mass is 386 g/mol. The third-order valence-corrected chi connectivity index (χ3v) is 4.90. The van der Waals surface area contributed by atoms with Gasteiger partial charge in [0, 0.05) is 22.3 Å². The van der Waals surface area contributed by atoms with Crippen LogP contribution >= 0.6 is 0 Å². The van der Waals surface area contributed by atoms with E-state index in [1.165, 1.54) is 0 Å². The first-order valence-corrected chi connectivity index (χ1v) is 9.60. The number of carbonyl (C=O) groups is 2. The molecule has 2 heteroatoms. The van der Waals surface area contributed by atoms with Crippen molar-refractivity contribution in [2.24, 2.45) is 0 Å². The molecule has 4 rings (SSSR count). The number of carbonyl (C=O) groups excluding carboxylic acids is 2. The molecule has 0 N–H and O–H groups in total. The van der Waals surface area contributed by atoms with Crippen LogP contribution in [-0.4, -0.2) is 12.6 Å². The van der Waals surface area contributed by atoms with E-state index >= 15 is 0 Å². The second kappa shape index (κ2) is 8.86. The zero-order valence-electron chi connectivity index (χ0n) is 16.2. The van der Waals surface area contributed by atoms with Crippen LogP contribution < -0.4 is 0 Å². The van der Waals surface area contributed by atoms with Gasteiger partial charge in [-0.1, -0.05) is 96.8 Å². The predicted molar refractivity (Wildman–Crippen MR) is 121 cm³/mol. The molecule has 0 aliphatic carbocycles. The van der Waals surface area contributed by atoms with Crippen LogP contribution in [-0.2, 0) is 0 Å². The third kappa shape index (κ3) is 4.11. The lowest BCUT2D eigenvalue weighted by Gasteiger charge is -2.06. The first kappa shape index (κ1) is 19.1. The van der Waals surface area contributed by atoms with E-state index in [1.807, 2.05) is 97.1 Å². The van der Waals surface area contributed by atoms with Crippen LogP contribution in [0.3, 0.4) is 0 Å². The number of rotatable bonds is 4. The summed E-state index contributed by atoms with van der Waals surface area (Å²) >= 11 is 0. The van der Waals surface area contributed by atoms with Gasteiger partial charge in [0.05, 0.1) is 0 Å². The number of hydrogen-bond donors (Lipinski definition) is 0. The van der Waals surface area contributed by atoms with Gasteiger partial charge in [-0.05, 0) is 34.4 Å². The van der Waals surface area contributed by atoms with Gasteiger partial charge >= 0.3 is 0 Å². The smallest absolute Gasteiger partial charge is 0.150 e. The lowest BCUT2D eigenvalue weighted by Crippen LogP contribution is -1.87. The molecule has 0 saturated carbocycles. The van der Waals surface area contributed by atoms with Gasteiger partial charge in [0.25, 0.3) is 0 Å². The molecule has 0 aromatic heterocycles. The van der Waals surface area contributed by atoms with Gasteiger partial charge in [0.2, 0.25) is 0 Å². The van der Waals surface area contributed by atoms with Gasteiger partial charge in [0.1, 0.15) is 12.6 Å². The molecule has 0 amide bonds. The topological polar surface area (TPSA) is 34.1 Å². The van der Waals surface area contributed by atoms with E-state index in [0.717, 1.165) is 46.0 Å². The Morgan fingerprint density at radius 1 is 0.467 bits per heavy atom. The van der Waals surface area contributed by atoms with Crippen LogP contribution in [0.1, 0.15) is 31.8 Å². The van der Waals surface area contributed by atoms with E-state index in [1.54, 1.807) is 0 Å². The Morgan fingerprint density at radius 3 is 1.20 bits per heavy atom. The Hall–Kier alpha value is -4.22. The summed E-state index contributed by atoms with van der Waals surface area (Å²) in [7, 11) is 0. The van der Waals surface area contributed by atoms with Crippen LogP contribution in [0, 0.1) is 11.8 Å². The van der Waals surface area contributed by atoms with Crippen molar-refractivity contribution in [1.29, 1.82) is 0 Å². The summed E-state index contributed by atoms with van der Waals surface area (Å²) in [6, 6.07) is 31.0. The van der Waals surface area contributed by atoms with Gasteiger partial charge in [-0.15, -0.1) is 0 Å². The summed E-state index contributed by atoms with van der Waals surface area (Å²) in [6.07, 6.45) is 1.68. The molecule has 0 heterocycles. The van der Waals surface area contributed by atoms with Gasteiger partial charge in [-0.25, -0.2) is 0 Å². The molecule has 0 aliphatic rings. The molecule has 0 radical (unpaired) electrons. The molecule has 30 heavy (non-hydrogen) atoms. The Bertz CT molecular complexity index is 1160. The van der Waals surface area contributed by atoms with Crippen molar-refractivity contribution >= 4 is 12.6 Å². The zero-order valence-corrected chi connectivity index (χ0v) is 16.2. The Balaban J connectivity index is 1.73. The quantitative estimate of drug-likeness (QED) is 0.316. The van der Waals surface area contributed by atoms with Crippen LogP contribution in [0.15, 0.2) is 97.1 Å². The minimum Gasteiger partial charge on any atom is -0.298 e. The number of benzene rings is 4. The van der Waals surface area contributed by atoms with Crippen molar-refractivity contribution in [2.45, 2.75) is 0 Å². The van der Waals surface area contributed by atoms with Crippen LogP contribution in [0.25, 0.3) is 22.3 Å². The fourth-order valence-corrected chi connectivity index (χ4v) is 3.30. The number of aldehydes is 2. The van der Waals surface area contributed by atoms with Crippen molar-refractivity contribution < 1.29 is 9.59 Å². The molecule has 4 aromatic carbocycles. The predicted octanol–water partition coefficient (Wildman–Crippen LogP) is 6.05. The second-order valence-corrected chi connectivity index (χ2v) is 6.82. The van der Waals surface area contributed by atoms with E-state index < -0.39 is 0 Å². The van der Waals surface area contributed by atoms with Crippen molar-refractivity contribution in [3.63, 3.8) is 0 Å². The molecule has 142 valence electrons. The summed E-state index contributed by atoms with van der Waals surface area (Å²) < 4.78 is 0. The second-order valence-electron chi connectivity index (χ2n) is 6.82. The molecule has 0 atom stereocenters. The molecular formula is C28H18O2. The van der Waals surface area contributed by atoms with Gasteiger partial charge in [-0.3, -0.25) is 9.59 Å². The maximum atomic E-state index is 10.9. The summed E-state index contributed by atoms with van der Waals surface area (Å²) in [5.74, 6) is 6.63. The largest absolute Gasteiger partial charge is 0.298 e. The highest BCUT2D eigenvalue weighted by molar-refractivity contribution is 5.80. The third-order valence-electron chi connectivity index (χ3n) is 4.90. The van der Waals surface area contributed by atoms with Gasteiger partial charge < -0.3 is 0 Å². The molecule has 0 fully saturated rings. The fourth-order valence-electron chi connectivity index (χ4n) is 3.30. The van der Waals surface area contributed by atoms with E-state index in [0.29, 0.717) is 11.1 Å². The number of hydrogen-bond acceptors (Lipinski definition) is 2.